The molecule has 0 aliphatic heterocycles. The maximum Gasteiger partial charge on any atom is 0.408 e. The SMILES string of the molecule is CCCC(NC(=O)OC(C)(C)C)C(=O)Nc1ccc(C=CC(C)=O)cn1. The molecule has 142 valence electrons. The smallest absolute Gasteiger partial charge is 0.408 e. The van der Waals surface area contributed by atoms with E-state index < -0.39 is 17.7 Å². The Labute approximate surface area is 154 Å². The van der Waals surface area contributed by atoms with Crippen LogP contribution in [-0.4, -0.2) is 34.4 Å². The van der Waals surface area contributed by atoms with Crippen molar-refractivity contribution in [3.63, 3.8) is 0 Å². The third-order valence-electron chi connectivity index (χ3n) is 3.13. The lowest BCUT2D eigenvalue weighted by molar-refractivity contribution is -0.118. The molecule has 7 nitrogen and oxygen atoms in total. The van der Waals surface area contributed by atoms with Gasteiger partial charge in [0.2, 0.25) is 5.91 Å². The van der Waals surface area contributed by atoms with Crippen molar-refractivity contribution in [1.29, 1.82) is 0 Å². The zero-order chi connectivity index (χ0) is 19.7. The van der Waals surface area contributed by atoms with Gasteiger partial charge in [0, 0.05) is 6.20 Å². The predicted molar refractivity (Wildman–Crippen MR) is 101 cm³/mol. The third kappa shape index (κ3) is 8.41. The Morgan fingerprint density at radius 2 is 1.96 bits per heavy atom. The highest BCUT2D eigenvalue weighted by Gasteiger charge is 2.24. The lowest BCUT2D eigenvalue weighted by Gasteiger charge is -2.23. The van der Waals surface area contributed by atoms with Gasteiger partial charge in [-0.05, 0) is 64.0 Å². The second-order valence-electron chi connectivity index (χ2n) is 6.90. The van der Waals surface area contributed by atoms with E-state index in [-0.39, 0.29) is 11.7 Å². The molecular weight excluding hydrogens is 334 g/mol. The lowest BCUT2D eigenvalue weighted by Crippen LogP contribution is -2.45. The van der Waals surface area contributed by atoms with E-state index >= 15 is 0 Å². The maximum atomic E-state index is 12.4. The molecule has 26 heavy (non-hydrogen) atoms. The average molecular weight is 361 g/mol. The van der Waals surface area contributed by atoms with E-state index in [1.165, 1.54) is 13.0 Å². The quantitative estimate of drug-likeness (QED) is 0.726. The van der Waals surface area contributed by atoms with E-state index in [0.29, 0.717) is 12.2 Å². The number of anilines is 1. The molecular formula is C19H27N3O4. The van der Waals surface area contributed by atoms with Crippen LogP contribution < -0.4 is 10.6 Å². The van der Waals surface area contributed by atoms with Crippen molar-refractivity contribution >= 4 is 29.7 Å². The number of alkyl carbamates (subject to hydrolysis) is 1. The number of carbonyl (C=O) groups is 3. The van der Waals surface area contributed by atoms with Crippen molar-refractivity contribution in [2.75, 3.05) is 5.32 Å². The molecule has 2 N–H and O–H groups in total. The van der Waals surface area contributed by atoms with Gasteiger partial charge >= 0.3 is 6.09 Å². The fourth-order valence-electron chi connectivity index (χ4n) is 2.01. The summed E-state index contributed by atoms with van der Waals surface area (Å²) in [6.45, 7) is 8.66. The number of hydrogen-bond donors (Lipinski definition) is 2. The summed E-state index contributed by atoms with van der Waals surface area (Å²) in [6.07, 6.45) is 5.19. The number of aromatic nitrogens is 1. The molecule has 7 heteroatoms. The molecule has 0 spiro atoms. The third-order valence-corrected chi connectivity index (χ3v) is 3.13. The molecule has 0 aliphatic rings. The number of rotatable bonds is 7. The second-order valence-corrected chi connectivity index (χ2v) is 6.90. The lowest BCUT2D eigenvalue weighted by atomic mass is 10.1. The molecule has 1 aromatic rings. The van der Waals surface area contributed by atoms with Gasteiger partial charge in [-0.15, -0.1) is 0 Å². The van der Waals surface area contributed by atoms with Gasteiger partial charge < -0.3 is 15.4 Å². The van der Waals surface area contributed by atoms with Gasteiger partial charge in [0.1, 0.15) is 17.5 Å². The largest absolute Gasteiger partial charge is 0.444 e. The van der Waals surface area contributed by atoms with Gasteiger partial charge in [-0.25, -0.2) is 9.78 Å². The highest BCUT2D eigenvalue weighted by molar-refractivity contribution is 5.96. The Kier molecular flexibility index (Phi) is 7.96. The fraction of sp³-hybridized carbons (Fsp3) is 0.474. The summed E-state index contributed by atoms with van der Waals surface area (Å²) in [5.74, 6) is -0.0580. The summed E-state index contributed by atoms with van der Waals surface area (Å²) in [5.41, 5.74) is 0.109. The van der Waals surface area contributed by atoms with Crippen LogP contribution >= 0.6 is 0 Å². The van der Waals surface area contributed by atoms with Gasteiger partial charge in [-0.1, -0.05) is 13.3 Å². The summed E-state index contributed by atoms with van der Waals surface area (Å²) >= 11 is 0. The molecule has 1 atom stereocenters. The number of allylic oxidation sites excluding steroid dienone is 1. The van der Waals surface area contributed by atoms with Crippen molar-refractivity contribution in [3.05, 3.63) is 30.0 Å². The van der Waals surface area contributed by atoms with Crippen LogP contribution in [-0.2, 0) is 14.3 Å². The Bertz CT molecular complexity index is 660. The highest BCUT2D eigenvalue weighted by atomic mass is 16.6. The summed E-state index contributed by atoms with van der Waals surface area (Å²) < 4.78 is 5.20. The zero-order valence-electron chi connectivity index (χ0n) is 16.0. The van der Waals surface area contributed by atoms with Crippen molar-refractivity contribution in [2.24, 2.45) is 0 Å². The molecule has 0 aliphatic carbocycles. The van der Waals surface area contributed by atoms with Gasteiger partial charge in [-0.3, -0.25) is 9.59 Å². The molecule has 0 saturated heterocycles. The van der Waals surface area contributed by atoms with Gasteiger partial charge in [0.15, 0.2) is 5.78 Å². The first-order valence-electron chi connectivity index (χ1n) is 8.56. The summed E-state index contributed by atoms with van der Waals surface area (Å²) in [4.78, 5) is 39.4. The number of amides is 2. The molecule has 0 aromatic carbocycles. The van der Waals surface area contributed by atoms with Gasteiger partial charge in [0.25, 0.3) is 0 Å². The summed E-state index contributed by atoms with van der Waals surface area (Å²) in [7, 11) is 0. The van der Waals surface area contributed by atoms with E-state index in [0.717, 1.165) is 12.0 Å². The first-order chi connectivity index (χ1) is 12.1. The number of ether oxygens (including phenoxy) is 1. The molecule has 0 fully saturated rings. The zero-order valence-corrected chi connectivity index (χ0v) is 16.0. The number of pyridine rings is 1. The van der Waals surface area contributed by atoms with E-state index in [4.69, 9.17) is 4.74 Å². The normalized spacial score (nSPS) is 12.5. The number of nitrogens with zero attached hydrogens (tertiary/aromatic N) is 1. The predicted octanol–water partition coefficient (Wildman–Crippen LogP) is 3.32. The molecule has 1 unspecified atom stereocenters. The summed E-state index contributed by atoms with van der Waals surface area (Å²) in [6, 6.07) is 2.65. The van der Waals surface area contributed by atoms with Crippen LogP contribution in [0.4, 0.5) is 10.6 Å². The molecule has 0 radical (unpaired) electrons. The van der Waals surface area contributed by atoms with Gasteiger partial charge in [0.05, 0.1) is 0 Å². The highest BCUT2D eigenvalue weighted by Crippen LogP contribution is 2.10. The first-order valence-corrected chi connectivity index (χ1v) is 8.56. The molecule has 1 aromatic heterocycles. The molecule has 1 heterocycles. The molecule has 0 saturated carbocycles. The minimum absolute atomic E-state index is 0.0574. The van der Waals surface area contributed by atoms with Crippen LogP contribution in [0.15, 0.2) is 24.4 Å². The molecule has 0 bridgehead atoms. The van der Waals surface area contributed by atoms with Crippen molar-refractivity contribution in [2.45, 2.75) is 59.1 Å². The summed E-state index contributed by atoms with van der Waals surface area (Å²) in [5, 5.41) is 5.26. The van der Waals surface area contributed by atoms with Crippen LogP contribution in [0.1, 0.15) is 53.0 Å². The number of ketones is 1. The van der Waals surface area contributed by atoms with Crippen LogP contribution in [0, 0.1) is 0 Å². The van der Waals surface area contributed by atoms with E-state index in [9.17, 15) is 14.4 Å². The monoisotopic (exact) mass is 361 g/mol. The van der Waals surface area contributed by atoms with Crippen molar-refractivity contribution in [3.8, 4) is 0 Å². The van der Waals surface area contributed by atoms with E-state index in [1.807, 2.05) is 6.92 Å². The van der Waals surface area contributed by atoms with Crippen molar-refractivity contribution in [1.82, 2.24) is 10.3 Å². The average Bonchev–Trinajstić information content (AvgIpc) is 2.52. The van der Waals surface area contributed by atoms with Crippen LogP contribution in [0.3, 0.4) is 0 Å². The van der Waals surface area contributed by atoms with E-state index in [1.54, 1.807) is 45.2 Å². The molecule has 1 rings (SSSR count). The van der Waals surface area contributed by atoms with Crippen LogP contribution in [0.25, 0.3) is 6.08 Å². The first kappa shape index (κ1) is 21.3. The fourth-order valence-corrected chi connectivity index (χ4v) is 2.01. The van der Waals surface area contributed by atoms with Crippen LogP contribution in [0.5, 0.6) is 0 Å². The second kappa shape index (κ2) is 9.70. The number of carbonyl (C=O) groups excluding carboxylic acids is 3. The Hall–Kier alpha value is -2.70. The topological polar surface area (TPSA) is 97.4 Å². The molecule has 2 amide bonds. The van der Waals surface area contributed by atoms with Crippen molar-refractivity contribution < 1.29 is 19.1 Å². The number of nitrogens with one attached hydrogen (secondary N) is 2. The minimum atomic E-state index is -0.714. The Morgan fingerprint density at radius 3 is 2.46 bits per heavy atom. The number of hydrogen-bond acceptors (Lipinski definition) is 5. The Balaban J connectivity index is 2.71. The standard InChI is InChI=1S/C19H27N3O4/c1-6-7-15(21-18(25)26-19(3,4)5)17(24)22-16-11-10-14(12-20-16)9-8-13(2)23/h8-12,15H,6-7H2,1-5H3,(H,21,25)(H,20,22,24). The Morgan fingerprint density at radius 1 is 1.27 bits per heavy atom. The van der Waals surface area contributed by atoms with Crippen LogP contribution in [0.2, 0.25) is 0 Å². The van der Waals surface area contributed by atoms with Gasteiger partial charge in [-0.2, -0.15) is 0 Å². The minimum Gasteiger partial charge on any atom is -0.444 e. The van der Waals surface area contributed by atoms with E-state index in [2.05, 4.69) is 15.6 Å². The maximum absolute atomic E-state index is 12.4.